The van der Waals surface area contributed by atoms with Gasteiger partial charge in [0.25, 0.3) is 0 Å². The first-order valence-corrected chi connectivity index (χ1v) is 4.45. The monoisotopic (exact) mass is 150 g/mol. The molecule has 0 heteroatoms. The number of unbranched alkanes of at least 4 members (excludes halogenated alkanes) is 2. The molecule has 0 fully saturated rings. The van der Waals surface area contributed by atoms with E-state index in [0.29, 0.717) is 0 Å². The zero-order valence-corrected chi connectivity index (χ0v) is 7.91. The molecule has 0 aliphatic heterocycles. The Morgan fingerprint density at radius 1 is 1.36 bits per heavy atom. The van der Waals surface area contributed by atoms with E-state index in [4.69, 9.17) is 0 Å². The van der Waals surface area contributed by atoms with Crippen LogP contribution < -0.4 is 0 Å². The normalized spacial score (nSPS) is 10.6. The highest BCUT2D eigenvalue weighted by Gasteiger charge is 1.78. The molecule has 0 aromatic heterocycles. The van der Waals surface area contributed by atoms with Crippen LogP contribution in [0.5, 0.6) is 0 Å². The zero-order chi connectivity index (χ0) is 8.53. The van der Waals surface area contributed by atoms with Crippen molar-refractivity contribution in [2.75, 3.05) is 0 Å². The van der Waals surface area contributed by atoms with E-state index in [2.05, 4.69) is 32.6 Å². The maximum atomic E-state index is 3.13. The standard InChI is InChI=1S/C11H18/c1-4-6-7-8-9-10-11(3)5-2/h10H,4-7H2,1-3H3/b11-10-. The molecule has 0 heterocycles. The van der Waals surface area contributed by atoms with E-state index in [1.807, 2.05) is 6.08 Å². The van der Waals surface area contributed by atoms with E-state index in [-0.39, 0.29) is 0 Å². The summed E-state index contributed by atoms with van der Waals surface area (Å²) in [5.41, 5.74) is 1.37. The summed E-state index contributed by atoms with van der Waals surface area (Å²) in [5.74, 6) is 6.18. The predicted octanol–water partition coefficient (Wildman–Crippen LogP) is 3.54. The van der Waals surface area contributed by atoms with Gasteiger partial charge in [-0.05, 0) is 25.8 Å². The van der Waals surface area contributed by atoms with Crippen LogP contribution in [0.2, 0.25) is 0 Å². The molecule has 62 valence electrons. The van der Waals surface area contributed by atoms with Gasteiger partial charge in [-0.2, -0.15) is 0 Å². The van der Waals surface area contributed by atoms with Crippen molar-refractivity contribution in [3.05, 3.63) is 11.6 Å². The van der Waals surface area contributed by atoms with Crippen molar-refractivity contribution < 1.29 is 0 Å². The lowest BCUT2D eigenvalue weighted by atomic mass is 10.2. The third kappa shape index (κ3) is 7.19. The van der Waals surface area contributed by atoms with E-state index in [1.54, 1.807) is 0 Å². The highest BCUT2D eigenvalue weighted by atomic mass is 13.8. The second kappa shape index (κ2) is 7.41. The van der Waals surface area contributed by atoms with Crippen LogP contribution in [0.4, 0.5) is 0 Å². The summed E-state index contributed by atoms with van der Waals surface area (Å²) >= 11 is 0. The molecule has 0 amide bonds. The minimum atomic E-state index is 1.05. The molecule has 0 atom stereocenters. The molecule has 0 aromatic rings. The van der Waals surface area contributed by atoms with Gasteiger partial charge in [0.05, 0.1) is 0 Å². The average Bonchev–Trinajstić information content (AvgIpc) is 2.04. The summed E-state index contributed by atoms with van der Waals surface area (Å²) in [7, 11) is 0. The van der Waals surface area contributed by atoms with E-state index in [1.165, 1.54) is 18.4 Å². The quantitative estimate of drug-likeness (QED) is 0.426. The predicted molar refractivity (Wildman–Crippen MR) is 51.3 cm³/mol. The number of hydrogen-bond donors (Lipinski definition) is 0. The van der Waals surface area contributed by atoms with Crippen molar-refractivity contribution in [2.45, 2.75) is 46.5 Å². The third-order valence-corrected chi connectivity index (χ3v) is 1.63. The highest BCUT2D eigenvalue weighted by Crippen LogP contribution is 1.96. The molecule has 0 spiro atoms. The van der Waals surface area contributed by atoms with Gasteiger partial charge in [-0.1, -0.05) is 37.7 Å². The van der Waals surface area contributed by atoms with Crippen LogP contribution in [0.3, 0.4) is 0 Å². The maximum Gasteiger partial charge on any atom is 0.00921 e. The lowest BCUT2D eigenvalue weighted by molar-refractivity contribution is 0.828. The molecule has 0 bridgehead atoms. The second-order valence-electron chi connectivity index (χ2n) is 2.77. The number of rotatable bonds is 3. The van der Waals surface area contributed by atoms with Crippen molar-refractivity contribution in [1.29, 1.82) is 0 Å². The maximum absolute atomic E-state index is 3.13. The van der Waals surface area contributed by atoms with E-state index in [0.717, 1.165) is 12.8 Å². The molecular weight excluding hydrogens is 132 g/mol. The highest BCUT2D eigenvalue weighted by molar-refractivity contribution is 5.19. The van der Waals surface area contributed by atoms with Gasteiger partial charge in [0.1, 0.15) is 0 Å². The average molecular weight is 150 g/mol. The van der Waals surface area contributed by atoms with E-state index >= 15 is 0 Å². The molecule has 0 rings (SSSR count). The van der Waals surface area contributed by atoms with Crippen molar-refractivity contribution in [3.63, 3.8) is 0 Å². The van der Waals surface area contributed by atoms with Gasteiger partial charge in [0, 0.05) is 6.42 Å². The summed E-state index contributed by atoms with van der Waals surface area (Å²) in [6.07, 6.45) is 6.65. The Morgan fingerprint density at radius 2 is 2.09 bits per heavy atom. The third-order valence-electron chi connectivity index (χ3n) is 1.63. The summed E-state index contributed by atoms with van der Waals surface area (Å²) in [5, 5.41) is 0. The van der Waals surface area contributed by atoms with Crippen LogP contribution in [0.15, 0.2) is 11.6 Å². The fourth-order valence-electron chi connectivity index (χ4n) is 0.614. The van der Waals surface area contributed by atoms with E-state index < -0.39 is 0 Å². The number of allylic oxidation sites excluding steroid dienone is 2. The van der Waals surface area contributed by atoms with Crippen molar-refractivity contribution >= 4 is 0 Å². The lowest BCUT2D eigenvalue weighted by Crippen LogP contribution is -1.69. The van der Waals surface area contributed by atoms with Crippen LogP contribution in [0.25, 0.3) is 0 Å². The Hall–Kier alpha value is -0.700. The molecule has 0 aliphatic carbocycles. The fraction of sp³-hybridized carbons (Fsp3) is 0.636. The van der Waals surface area contributed by atoms with Crippen LogP contribution in [0.1, 0.15) is 46.5 Å². The van der Waals surface area contributed by atoms with Gasteiger partial charge in [0.2, 0.25) is 0 Å². The van der Waals surface area contributed by atoms with Crippen molar-refractivity contribution in [1.82, 2.24) is 0 Å². The molecule has 0 saturated heterocycles. The van der Waals surface area contributed by atoms with Gasteiger partial charge in [-0.3, -0.25) is 0 Å². The molecular formula is C11H18. The minimum absolute atomic E-state index is 1.05. The summed E-state index contributed by atoms with van der Waals surface area (Å²) in [6, 6.07) is 0. The Bertz CT molecular complexity index is 164. The molecule has 0 radical (unpaired) electrons. The first-order chi connectivity index (χ1) is 5.31. The lowest BCUT2D eigenvalue weighted by Gasteiger charge is -1.86. The van der Waals surface area contributed by atoms with Crippen LogP contribution in [0, 0.1) is 11.8 Å². The number of hydrogen-bond acceptors (Lipinski definition) is 0. The summed E-state index contributed by atoms with van der Waals surface area (Å²) in [6.45, 7) is 6.46. The molecule has 11 heavy (non-hydrogen) atoms. The van der Waals surface area contributed by atoms with Gasteiger partial charge in [0.15, 0.2) is 0 Å². The Balaban J connectivity index is 3.54. The van der Waals surface area contributed by atoms with Gasteiger partial charge in [-0.25, -0.2) is 0 Å². The fourth-order valence-corrected chi connectivity index (χ4v) is 0.614. The van der Waals surface area contributed by atoms with Crippen molar-refractivity contribution in [3.8, 4) is 11.8 Å². The van der Waals surface area contributed by atoms with Crippen LogP contribution >= 0.6 is 0 Å². The molecule has 0 saturated carbocycles. The van der Waals surface area contributed by atoms with Gasteiger partial charge >= 0.3 is 0 Å². The molecule has 0 aliphatic rings. The molecule has 0 unspecified atom stereocenters. The van der Waals surface area contributed by atoms with Crippen molar-refractivity contribution in [2.24, 2.45) is 0 Å². The Morgan fingerprint density at radius 3 is 2.64 bits per heavy atom. The van der Waals surface area contributed by atoms with Gasteiger partial charge in [-0.15, -0.1) is 0 Å². The first kappa shape index (κ1) is 10.3. The van der Waals surface area contributed by atoms with Crippen LogP contribution in [-0.2, 0) is 0 Å². The van der Waals surface area contributed by atoms with E-state index in [9.17, 15) is 0 Å². The zero-order valence-electron chi connectivity index (χ0n) is 7.91. The smallest absolute Gasteiger partial charge is 0.00921 e. The van der Waals surface area contributed by atoms with Crippen LogP contribution in [-0.4, -0.2) is 0 Å². The van der Waals surface area contributed by atoms with Gasteiger partial charge < -0.3 is 0 Å². The summed E-state index contributed by atoms with van der Waals surface area (Å²) in [4.78, 5) is 0. The SMILES string of the molecule is CCCCC#C/C=C(/C)CC. The molecule has 0 aromatic carbocycles. The Labute approximate surface area is 70.7 Å². The topological polar surface area (TPSA) is 0 Å². The molecule has 0 nitrogen and oxygen atoms in total. The first-order valence-electron chi connectivity index (χ1n) is 4.45. The Kier molecular flexibility index (Phi) is 6.94. The second-order valence-corrected chi connectivity index (χ2v) is 2.77. The summed E-state index contributed by atoms with van der Waals surface area (Å²) < 4.78 is 0. The molecule has 0 N–H and O–H groups in total. The largest absolute Gasteiger partial charge is 0.0985 e. The minimum Gasteiger partial charge on any atom is -0.0985 e.